The first-order valence-corrected chi connectivity index (χ1v) is 8.33. The molecule has 4 unspecified atom stereocenters. The first-order chi connectivity index (χ1) is 10.2. The smallest absolute Gasteiger partial charge is 0.326 e. The molecule has 1 aliphatic carbocycles. The highest BCUT2D eigenvalue weighted by Crippen LogP contribution is 2.39. The van der Waals surface area contributed by atoms with Crippen LogP contribution in [-0.2, 0) is 14.3 Å². The number of hydrogen-bond donors (Lipinski definition) is 1. The molecule has 120 valence electrons. The number of nitrogens with one attached hydrogen (secondary N) is 1. The van der Waals surface area contributed by atoms with Crippen LogP contribution in [0.3, 0.4) is 0 Å². The average molecular weight is 296 g/mol. The largest absolute Gasteiger partial charge is 0.468 e. The predicted octanol–water partition coefficient (Wildman–Crippen LogP) is 1.17. The number of carbonyl (C=O) groups is 1. The lowest BCUT2D eigenvalue weighted by molar-refractivity contribution is -0.150. The molecule has 5 heteroatoms. The van der Waals surface area contributed by atoms with Gasteiger partial charge < -0.3 is 14.8 Å². The minimum atomic E-state index is -0.458. The third-order valence-corrected chi connectivity index (χ3v) is 5.73. The van der Waals surface area contributed by atoms with E-state index in [1.54, 1.807) is 0 Å². The van der Waals surface area contributed by atoms with Crippen LogP contribution >= 0.6 is 0 Å². The van der Waals surface area contributed by atoms with Gasteiger partial charge in [-0.25, -0.2) is 0 Å². The molecule has 0 spiro atoms. The molecular weight excluding hydrogens is 268 g/mol. The second-order valence-corrected chi connectivity index (χ2v) is 6.81. The van der Waals surface area contributed by atoms with Crippen LogP contribution in [0.15, 0.2) is 0 Å². The zero-order valence-electron chi connectivity index (χ0n) is 13.3. The van der Waals surface area contributed by atoms with E-state index in [0.717, 1.165) is 45.3 Å². The van der Waals surface area contributed by atoms with Crippen molar-refractivity contribution in [3.8, 4) is 0 Å². The van der Waals surface area contributed by atoms with Crippen molar-refractivity contribution in [1.29, 1.82) is 0 Å². The normalized spacial score (nSPS) is 39.6. The van der Waals surface area contributed by atoms with Crippen molar-refractivity contribution in [3.05, 3.63) is 0 Å². The number of rotatable bonds is 5. The summed E-state index contributed by atoms with van der Waals surface area (Å²) in [5.74, 6) is 0.296. The van der Waals surface area contributed by atoms with Gasteiger partial charge in [0.25, 0.3) is 0 Å². The van der Waals surface area contributed by atoms with Gasteiger partial charge in [0.15, 0.2) is 0 Å². The molecule has 3 fully saturated rings. The molecule has 2 bridgehead atoms. The Morgan fingerprint density at radius 1 is 1.33 bits per heavy atom. The van der Waals surface area contributed by atoms with E-state index >= 15 is 0 Å². The summed E-state index contributed by atoms with van der Waals surface area (Å²) in [4.78, 5) is 14.8. The van der Waals surface area contributed by atoms with Crippen LogP contribution in [-0.4, -0.2) is 62.4 Å². The number of methoxy groups -OCH3 is 1. The number of hydrogen-bond acceptors (Lipinski definition) is 5. The standard InChI is InChI=1S/C16H28N2O3/c1-17-16(15(19)20-2)8-3-4-12(16)7-9-18-10-13-5-6-14(11-18)21-13/h12-14,17H,3-11H2,1-2H3. The Morgan fingerprint density at radius 2 is 2.05 bits per heavy atom. The quantitative estimate of drug-likeness (QED) is 0.772. The molecule has 2 heterocycles. The average Bonchev–Trinajstić information content (AvgIpc) is 3.08. The van der Waals surface area contributed by atoms with Crippen LogP contribution in [0.5, 0.6) is 0 Å². The maximum atomic E-state index is 12.2. The number of likely N-dealkylation sites (tertiary alicyclic amines) is 1. The highest BCUT2D eigenvalue weighted by atomic mass is 16.5. The number of morpholine rings is 1. The van der Waals surface area contributed by atoms with Gasteiger partial charge in [-0.05, 0) is 51.6 Å². The van der Waals surface area contributed by atoms with Crippen LogP contribution in [0.25, 0.3) is 0 Å². The van der Waals surface area contributed by atoms with Gasteiger partial charge in [-0.15, -0.1) is 0 Å². The number of likely N-dealkylation sites (N-methyl/N-ethyl adjacent to an activating group) is 1. The zero-order valence-corrected chi connectivity index (χ0v) is 13.3. The summed E-state index contributed by atoms with van der Waals surface area (Å²) in [6, 6.07) is 0. The van der Waals surface area contributed by atoms with Gasteiger partial charge in [0.05, 0.1) is 19.3 Å². The Labute approximate surface area is 127 Å². The van der Waals surface area contributed by atoms with E-state index in [0.29, 0.717) is 18.1 Å². The monoisotopic (exact) mass is 296 g/mol. The highest BCUT2D eigenvalue weighted by Gasteiger charge is 2.48. The van der Waals surface area contributed by atoms with E-state index in [4.69, 9.17) is 9.47 Å². The fourth-order valence-electron chi connectivity index (χ4n) is 4.57. The van der Waals surface area contributed by atoms with Crippen molar-refractivity contribution in [2.75, 3.05) is 33.8 Å². The fraction of sp³-hybridized carbons (Fsp3) is 0.938. The molecule has 0 amide bonds. The topological polar surface area (TPSA) is 50.8 Å². The zero-order chi connectivity index (χ0) is 14.9. The molecule has 1 saturated carbocycles. The van der Waals surface area contributed by atoms with Gasteiger partial charge in [0, 0.05) is 13.1 Å². The number of ether oxygens (including phenoxy) is 2. The first kappa shape index (κ1) is 15.3. The summed E-state index contributed by atoms with van der Waals surface area (Å²) in [5, 5.41) is 3.28. The van der Waals surface area contributed by atoms with Crippen molar-refractivity contribution < 1.29 is 14.3 Å². The molecule has 0 aromatic rings. The van der Waals surface area contributed by atoms with Gasteiger partial charge in [-0.2, -0.15) is 0 Å². The molecule has 1 N–H and O–H groups in total. The Hall–Kier alpha value is -0.650. The molecule has 0 radical (unpaired) electrons. The van der Waals surface area contributed by atoms with Crippen LogP contribution < -0.4 is 5.32 Å². The lowest BCUT2D eigenvalue weighted by atomic mass is 9.84. The van der Waals surface area contributed by atoms with E-state index in [9.17, 15) is 4.79 Å². The van der Waals surface area contributed by atoms with Crippen molar-refractivity contribution in [1.82, 2.24) is 10.2 Å². The number of carbonyl (C=O) groups excluding carboxylic acids is 1. The minimum absolute atomic E-state index is 0.0884. The number of esters is 1. The first-order valence-electron chi connectivity index (χ1n) is 8.33. The van der Waals surface area contributed by atoms with Gasteiger partial charge in [-0.1, -0.05) is 6.42 Å². The van der Waals surface area contributed by atoms with Crippen LogP contribution in [0, 0.1) is 5.92 Å². The van der Waals surface area contributed by atoms with Gasteiger partial charge in [0.1, 0.15) is 5.54 Å². The summed E-state index contributed by atoms with van der Waals surface area (Å²) in [6.07, 6.45) is 7.51. The van der Waals surface area contributed by atoms with E-state index in [-0.39, 0.29) is 5.97 Å². The maximum Gasteiger partial charge on any atom is 0.326 e. The van der Waals surface area contributed by atoms with Crippen molar-refractivity contribution >= 4 is 5.97 Å². The van der Waals surface area contributed by atoms with Crippen LogP contribution in [0.4, 0.5) is 0 Å². The molecule has 3 rings (SSSR count). The van der Waals surface area contributed by atoms with E-state index < -0.39 is 5.54 Å². The minimum Gasteiger partial charge on any atom is -0.468 e. The molecule has 5 nitrogen and oxygen atoms in total. The molecule has 0 aromatic heterocycles. The maximum absolute atomic E-state index is 12.2. The van der Waals surface area contributed by atoms with Crippen molar-refractivity contribution in [2.24, 2.45) is 5.92 Å². The van der Waals surface area contributed by atoms with E-state index in [1.165, 1.54) is 20.0 Å². The highest BCUT2D eigenvalue weighted by molar-refractivity contribution is 5.81. The molecule has 4 atom stereocenters. The molecule has 2 aliphatic heterocycles. The second kappa shape index (κ2) is 6.23. The van der Waals surface area contributed by atoms with Gasteiger partial charge in [0.2, 0.25) is 0 Å². The molecule has 0 aromatic carbocycles. The third-order valence-electron chi connectivity index (χ3n) is 5.73. The van der Waals surface area contributed by atoms with Gasteiger partial charge >= 0.3 is 5.97 Å². The molecule has 3 aliphatic rings. The summed E-state index contributed by atoms with van der Waals surface area (Å²) >= 11 is 0. The molecule has 2 saturated heterocycles. The van der Waals surface area contributed by atoms with E-state index in [2.05, 4.69) is 10.2 Å². The molecule has 21 heavy (non-hydrogen) atoms. The predicted molar refractivity (Wildman–Crippen MR) is 80.1 cm³/mol. The summed E-state index contributed by atoms with van der Waals surface area (Å²) < 4.78 is 10.9. The van der Waals surface area contributed by atoms with Gasteiger partial charge in [-0.3, -0.25) is 9.69 Å². The Kier molecular flexibility index (Phi) is 4.52. The number of fused-ring (bicyclic) bond motifs is 2. The summed E-state index contributed by atoms with van der Waals surface area (Å²) in [5.41, 5.74) is -0.458. The van der Waals surface area contributed by atoms with Crippen LogP contribution in [0.1, 0.15) is 38.5 Å². The Morgan fingerprint density at radius 3 is 2.67 bits per heavy atom. The van der Waals surface area contributed by atoms with E-state index in [1.807, 2.05) is 7.05 Å². The fourth-order valence-corrected chi connectivity index (χ4v) is 4.57. The SMILES string of the molecule is CNC1(C(=O)OC)CCCC1CCN1CC2CCC(C1)O2. The van der Waals surface area contributed by atoms with Crippen molar-refractivity contribution in [3.63, 3.8) is 0 Å². The molecular formula is C16H28N2O3. The summed E-state index contributed by atoms with van der Waals surface area (Å²) in [6.45, 7) is 3.20. The summed E-state index contributed by atoms with van der Waals surface area (Å²) in [7, 11) is 3.39. The Bertz CT molecular complexity index is 378. The van der Waals surface area contributed by atoms with Crippen LogP contribution in [0.2, 0.25) is 0 Å². The lowest BCUT2D eigenvalue weighted by Gasteiger charge is -2.36. The number of nitrogens with zero attached hydrogens (tertiary/aromatic N) is 1. The second-order valence-electron chi connectivity index (χ2n) is 6.81. The lowest BCUT2D eigenvalue weighted by Crippen LogP contribution is -2.54. The Balaban J connectivity index is 1.57. The third kappa shape index (κ3) is 2.83. The van der Waals surface area contributed by atoms with Crippen molar-refractivity contribution in [2.45, 2.75) is 56.3 Å².